The Morgan fingerprint density at radius 1 is 1.22 bits per heavy atom. The molecule has 0 saturated heterocycles. The van der Waals surface area contributed by atoms with Crippen LogP contribution >= 0.6 is 0 Å². The van der Waals surface area contributed by atoms with Crippen molar-refractivity contribution in [3.8, 4) is 5.75 Å². The third-order valence-corrected chi connectivity index (χ3v) is 3.08. The molecule has 1 heterocycles. The fourth-order valence-electron chi connectivity index (χ4n) is 1.96. The molecule has 1 amide bonds. The largest absolute Gasteiger partial charge is 0.494 e. The molecule has 2 rings (SSSR count). The molecule has 1 atom stereocenters. The Morgan fingerprint density at radius 2 is 1.96 bits per heavy atom. The van der Waals surface area contributed by atoms with Crippen LogP contribution in [0.4, 0.5) is 0 Å². The summed E-state index contributed by atoms with van der Waals surface area (Å²) < 4.78 is 15.5. The Bertz CT molecular complexity index is 634. The van der Waals surface area contributed by atoms with Gasteiger partial charge in [0, 0.05) is 0 Å². The number of furan rings is 1. The fraction of sp³-hybridized carbons (Fsp3) is 0.294. The molecular weight excluding hydrogens is 298 g/mol. The van der Waals surface area contributed by atoms with E-state index in [2.05, 4.69) is 5.32 Å². The number of amides is 1. The summed E-state index contributed by atoms with van der Waals surface area (Å²) in [5.74, 6) is 0.354. The first-order valence-corrected chi connectivity index (χ1v) is 7.33. The molecule has 6 heteroatoms. The number of hydrogen-bond acceptors (Lipinski definition) is 5. The van der Waals surface area contributed by atoms with Crippen LogP contribution in [0.5, 0.6) is 5.75 Å². The van der Waals surface area contributed by atoms with Gasteiger partial charge >= 0.3 is 5.97 Å². The number of esters is 1. The van der Waals surface area contributed by atoms with Gasteiger partial charge in [0.05, 0.1) is 24.5 Å². The summed E-state index contributed by atoms with van der Waals surface area (Å²) in [6.45, 7) is 3.87. The Labute approximate surface area is 134 Å². The molecule has 0 bridgehead atoms. The van der Waals surface area contributed by atoms with E-state index in [1.54, 1.807) is 43.3 Å². The molecular formula is C17H19NO5. The molecule has 6 nitrogen and oxygen atoms in total. The smallest absolute Gasteiger partial charge is 0.338 e. The van der Waals surface area contributed by atoms with Crippen LogP contribution in [0, 0.1) is 0 Å². The second-order valence-corrected chi connectivity index (χ2v) is 4.84. The zero-order chi connectivity index (χ0) is 16.7. The van der Waals surface area contributed by atoms with Crippen LogP contribution in [-0.4, -0.2) is 25.1 Å². The van der Waals surface area contributed by atoms with Gasteiger partial charge in [-0.15, -0.1) is 0 Å². The van der Waals surface area contributed by atoms with Crippen molar-refractivity contribution in [2.75, 3.05) is 13.2 Å². The lowest BCUT2D eigenvalue weighted by atomic mass is 10.2. The number of carbonyl (C=O) groups is 2. The molecule has 122 valence electrons. The van der Waals surface area contributed by atoms with E-state index in [0.717, 1.165) is 0 Å². The number of rotatable bonds is 7. The number of benzene rings is 1. The molecule has 2 aromatic rings. The lowest BCUT2D eigenvalue weighted by Gasteiger charge is -2.11. The number of carbonyl (C=O) groups excluding carboxylic acids is 2. The minimum absolute atomic E-state index is 0.290. The van der Waals surface area contributed by atoms with Crippen molar-refractivity contribution in [1.82, 2.24) is 5.32 Å². The van der Waals surface area contributed by atoms with Crippen LogP contribution in [0.3, 0.4) is 0 Å². The normalized spacial score (nSPS) is 11.6. The van der Waals surface area contributed by atoms with Crippen LogP contribution in [0.1, 0.15) is 36.0 Å². The molecule has 0 unspecified atom stereocenters. The monoisotopic (exact) mass is 317 g/mol. The van der Waals surface area contributed by atoms with Crippen molar-refractivity contribution in [2.45, 2.75) is 19.9 Å². The number of nitrogens with one attached hydrogen (secondary N) is 1. The van der Waals surface area contributed by atoms with E-state index >= 15 is 0 Å². The zero-order valence-corrected chi connectivity index (χ0v) is 13.1. The fourth-order valence-corrected chi connectivity index (χ4v) is 1.96. The molecule has 0 aliphatic heterocycles. The highest BCUT2D eigenvalue weighted by Gasteiger charge is 2.14. The van der Waals surface area contributed by atoms with Gasteiger partial charge in [0.15, 0.2) is 6.61 Å². The molecule has 23 heavy (non-hydrogen) atoms. The molecule has 0 spiro atoms. The Morgan fingerprint density at radius 3 is 2.57 bits per heavy atom. The minimum atomic E-state index is -0.561. The first-order chi connectivity index (χ1) is 11.1. The molecule has 0 fully saturated rings. The zero-order valence-electron chi connectivity index (χ0n) is 13.1. The van der Waals surface area contributed by atoms with Gasteiger partial charge in [0.2, 0.25) is 0 Å². The molecule has 0 radical (unpaired) electrons. The maximum absolute atomic E-state index is 11.9. The third kappa shape index (κ3) is 4.88. The summed E-state index contributed by atoms with van der Waals surface area (Å²) in [6.07, 6.45) is 1.53. The predicted octanol–water partition coefficient (Wildman–Crippen LogP) is 2.71. The first kappa shape index (κ1) is 16.6. The van der Waals surface area contributed by atoms with Crippen molar-refractivity contribution in [2.24, 2.45) is 0 Å². The molecule has 1 aromatic heterocycles. The Balaban J connectivity index is 1.80. The Hall–Kier alpha value is -2.76. The van der Waals surface area contributed by atoms with Gasteiger partial charge in [-0.3, -0.25) is 4.79 Å². The number of ether oxygens (including phenoxy) is 2. The quantitative estimate of drug-likeness (QED) is 0.794. The highest BCUT2D eigenvalue weighted by molar-refractivity contribution is 5.91. The van der Waals surface area contributed by atoms with Gasteiger partial charge in [-0.2, -0.15) is 0 Å². The lowest BCUT2D eigenvalue weighted by Crippen LogP contribution is -2.30. The summed E-state index contributed by atoms with van der Waals surface area (Å²) in [5.41, 5.74) is 0.361. The Kier molecular flexibility index (Phi) is 5.80. The van der Waals surface area contributed by atoms with Crippen molar-refractivity contribution >= 4 is 11.9 Å². The van der Waals surface area contributed by atoms with E-state index in [1.165, 1.54) is 6.26 Å². The van der Waals surface area contributed by atoms with Crippen LogP contribution in [0.2, 0.25) is 0 Å². The van der Waals surface area contributed by atoms with E-state index in [0.29, 0.717) is 23.7 Å². The summed E-state index contributed by atoms with van der Waals surface area (Å²) in [5, 5.41) is 2.69. The second kappa shape index (κ2) is 8.03. The molecule has 1 aromatic carbocycles. The predicted molar refractivity (Wildman–Crippen MR) is 83.2 cm³/mol. The van der Waals surface area contributed by atoms with Crippen LogP contribution in [-0.2, 0) is 9.53 Å². The number of hydrogen-bond donors (Lipinski definition) is 1. The average molecular weight is 317 g/mol. The third-order valence-electron chi connectivity index (χ3n) is 3.08. The van der Waals surface area contributed by atoms with Crippen molar-refractivity contribution in [1.29, 1.82) is 0 Å². The molecule has 1 N–H and O–H groups in total. The van der Waals surface area contributed by atoms with Gasteiger partial charge in [0.1, 0.15) is 11.5 Å². The van der Waals surface area contributed by atoms with Gasteiger partial charge in [-0.05, 0) is 50.2 Å². The van der Waals surface area contributed by atoms with Gasteiger partial charge in [0.25, 0.3) is 5.91 Å². The molecule has 0 aliphatic rings. The van der Waals surface area contributed by atoms with E-state index < -0.39 is 11.9 Å². The average Bonchev–Trinajstić information content (AvgIpc) is 3.08. The van der Waals surface area contributed by atoms with Crippen molar-refractivity contribution < 1.29 is 23.5 Å². The first-order valence-electron chi connectivity index (χ1n) is 7.33. The van der Waals surface area contributed by atoms with Crippen LogP contribution < -0.4 is 10.1 Å². The molecule has 0 aliphatic carbocycles. The van der Waals surface area contributed by atoms with Gasteiger partial charge in [-0.25, -0.2) is 4.79 Å². The van der Waals surface area contributed by atoms with Gasteiger partial charge in [-0.1, -0.05) is 0 Å². The van der Waals surface area contributed by atoms with E-state index in [9.17, 15) is 9.59 Å². The van der Waals surface area contributed by atoms with E-state index in [4.69, 9.17) is 13.9 Å². The van der Waals surface area contributed by atoms with Crippen molar-refractivity contribution in [3.63, 3.8) is 0 Å². The maximum Gasteiger partial charge on any atom is 0.338 e. The lowest BCUT2D eigenvalue weighted by molar-refractivity contribution is -0.125. The minimum Gasteiger partial charge on any atom is -0.494 e. The van der Waals surface area contributed by atoms with Crippen LogP contribution in [0.25, 0.3) is 0 Å². The SMILES string of the molecule is CCOc1ccc(C(=O)OCC(=O)N[C@H](C)c2ccco2)cc1. The van der Waals surface area contributed by atoms with Crippen LogP contribution in [0.15, 0.2) is 47.1 Å². The standard InChI is InChI=1S/C17H19NO5/c1-3-21-14-8-6-13(7-9-14)17(20)23-11-16(19)18-12(2)15-5-4-10-22-15/h4-10,12H,3,11H2,1-2H3,(H,18,19)/t12-/m1/s1. The van der Waals surface area contributed by atoms with Gasteiger partial charge < -0.3 is 19.2 Å². The van der Waals surface area contributed by atoms with E-state index in [1.807, 2.05) is 6.92 Å². The summed E-state index contributed by atoms with van der Waals surface area (Å²) in [4.78, 5) is 23.6. The maximum atomic E-state index is 11.9. The van der Waals surface area contributed by atoms with Crippen molar-refractivity contribution in [3.05, 3.63) is 54.0 Å². The molecule has 0 saturated carbocycles. The summed E-state index contributed by atoms with van der Waals surface area (Å²) in [7, 11) is 0. The van der Waals surface area contributed by atoms with E-state index in [-0.39, 0.29) is 12.6 Å². The highest BCUT2D eigenvalue weighted by Crippen LogP contribution is 2.13. The summed E-state index contributed by atoms with van der Waals surface area (Å²) in [6, 6.07) is 9.76. The summed E-state index contributed by atoms with van der Waals surface area (Å²) >= 11 is 0. The second-order valence-electron chi connectivity index (χ2n) is 4.84. The highest BCUT2D eigenvalue weighted by atomic mass is 16.5. The topological polar surface area (TPSA) is 77.8 Å².